The molecule has 2 aromatic carbocycles. The van der Waals surface area contributed by atoms with Crippen molar-refractivity contribution in [2.75, 3.05) is 13.6 Å². The third-order valence-corrected chi connectivity index (χ3v) is 5.31. The van der Waals surface area contributed by atoms with Gasteiger partial charge in [0.1, 0.15) is 35.9 Å². The number of carbonyl (C=O) groups is 1. The third kappa shape index (κ3) is 5.56. The Hall–Kier alpha value is -2.69. The maximum Gasteiger partial charge on any atom is 0.335 e. The number of rotatable bonds is 9. The first-order valence-electron chi connectivity index (χ1n) is 10.4. The van der Waals surface area contributed by atoms with Crippen molar-refractivity contribution in [3.63, 3.8) is 0 Å². The quantitative estimate of drug-likeness (QED) is 0.381. The average Bonchev–Trinajstić information content (AvgIpc) is 2.78. The molecule has 6 atom stereocenters. The smallest absolute Gasteiger partial charge is 0.335 e. The lowest BCUT2D eigenvalue weighted by molar-refractivity contribution is -0.271. The lowest BCUT2D eigenvalue weighted by Crippen LogP contribution is -2.61. The Morgan fingerprint density at radius 2 is 1.81 bits per heavy atom. The van der Waals surface area contributed by atoms with Crippen LogP contribution in [0.3, 0.4) is 0 Å². The zero-order chi connectivity index (χ0) is 23.3. The number of nitrogens with one attached hydrogen (secondary N) is 1. The van der Waals surface area contributed by atoms with Crippen LogP contribution in [0, 0.1) is 6.92 Å². The molecule has 0 aromatic heterocycles. The summed E-state index contributed by atoms with van der Waals surface area (Å²) in [7, 11) is 1.88. The molecule has 0 radical (unpaired) electrons. The molecule has 2 aromatic rings. The number of carboxylic acid groups (broad SMARTS) is 1. The molecule has 9 heteroatoms. The van der Waals surface area contributed by atoms with Crippen LogP contribution in [0.25, 0.3) is 0 Å². The van der Waals surface area contributed by atoms with Crippen LogP contribution in [-0.2, 0) is 9.53 Å². The van der Waals surface area contributed by atoms with Gasteiger partial charge in [0.25, 0.3) is 0 Å². The fourth-order valence-corrected chi connectivity index (χ4v) is 3.50. The molecule has 0 saturated carbocycles. The predicted molar refractivity (Wildman–Crippen MR) is 114 cm³/mol. The molecule has 5 unspecified atom stereocenters. The van der Waals surface area contributed by atoms with E-state index in [1.54, 1.807) is 18.2 Å². The zero-order valence-electron chi connectivity index (χ0n) is 17.9. The van der Waals surface area contributed by atoms with Crippen LogP contribution in [-0.4, -0.2) is 70.7 Å². The van der Waals surface area contributed by atoms with Gasteiger partial charge in [-0.25, -0.2) is 4.79 Å². The number of ether oxygens (including phenoxy) is 3. The van der Waals surface area contributed by atoms with Crippen LogP contribution in [0.5, 0.6) is 11.5 Å². The number of benzene rings is 2. The van der Waals surface area contributed by atoms with Gasteiger partial charge in [-0.1, -0.05) is 30.3 Å². The molecule has 1 saturated heterocycles. The highest BCUT2D eigenvalue weighted by Crippen LogP contribution is 2.31. The molecule has 3 rings (SSSR count). The Morgan fingerprint density at radius 1 is 1.09 bits per heavy atom. The summed E-state index contributed by atoms with van der Waals surface area (Å²) >= 11 is 0. The van der Waals surface area contributed by atoms with Gasteiger partial charge in [0.2, 0.25) is 6.29 Å². The minimum absolute atomic E-state index is 0.162. The summed E-state index contributed by atoms with van der Waals surface area (Å²) in [5, 5.41) is 42.2. The first-order chi connectivity index (χ1) is 15.3. The number of aliphatic hydroxyl groups is 3. The number of aliphatic hydroxyl groups excluding tert-OH is 3. The van der Waals surface area contributed by atoms with Crippen molar-refractivity contribution in [2.24, 2.45) is 0 Å². The molecule has 1 aliphatic rings. The van der Waals surface area contributed by atoms with E-state index < -0.39 is 36.7 Å². The lowest BCUT2D eigenvalue weighted by atomic mass is 9.99. The van der Waals surface area contributed by atoms with E-state index in [0.717, 1.165) is 24.1 Å². The molecule has 0 aliphatic carbocycles. The molecule has 1 heterocycles. The monoisotopic (exact) mass is 447 g/mol. The summed E-state index contributed by atoms with van der Waals surface area (Å²) in [6.07, 6.45) is -7.71. The summed E-state index contributed by atoms with van der Waals surface area (Å²) < 4.78 is 17.0. The number of hydrogen-bond acceptors (Lipinski definition) is 8. The first-order valence-corrected chi connectivity index (χ1v) is 10.4. The van der Waals surface area contributed by atoms with Crippen LogP contribution in [0.2, 0.25) is 0 Å². The Balaban J connectivity index is 1.73. The van der Waals surface area contributed by atoms with E-state index in [1.807, 2.05) is 44.3 Å². The number of carboxylic acids is 1. The van der Waals surface area contributed by atoms with E-state index in [9.17, 15) is 20.1 Å². The fraction of sp³-hybridized carbons (Fsp3) is 0.435. The Kier molecular flexibility index (Phi) is 8.05. The van der Waals surface area contributed by atoms with Gasteiger partial charge >= 0.3 is 5.97 Å². The van der Waals surface area contributed by atoms with Gasteiger partial charge in [0.05, 0.1) is 0 Å². The summed E-state index contributed by atoms with van der Waals surface area (Å²) in [5.74, 6) is -0.532. The average molecular weight is 447 g/mol. The van der Waals surface area contributed by atoms with Gasteiger partial charge in [0, 0.05) is 6.42 Å². The van der Waals surface area contributed by atoms with Gasteiger partial charge in [0.15, 0.2) is 6.10 Å². The van der Waals surface area contributed by atoms with E-state index in [0.29, 0.717) is 5.75 Å². The molecular weight excluding hydrogens is 418 g/mol. The summed E-state index contributed by atoms with van der Waals surface area (Å²) in [6.45, 7) is 2.61. The van der Waals surface area contributed by atoms with Crippen molar-refractivity contribution >= 4 is 5.97 Å². The van der Waals surface area contributed by atoms with E-state index in [-0.39, 0.29) is 11.9 Å². The summed E-state index contributed by atoms with van der Waals surface area (Å²) in [4.78, 5) is 11.3. The SMILES string of the molecule is CNCC[C@@H](Oc1ccc(OC2OC(C(=O)O)C(O)C(O)C2O)cc1C)c1ccccc1. The Labute approximate surface area is 186 Å². The number of aliphatic carboxylic acids is 1. The van der Waals surface area contributed by atoms with E-state index in [4.69, 9.17) is 19.3 Å². The van der Waals surface area contributed by atoms with Crippen LogP contribution in [0.4, 0.5) is 0 Å². The molecular formula is C23H29NO8. The Bertz CT molecular complexity index is 893. The third-order valence-electron chi connectivity index (χ3n) is 5.31. The van der Waals surface area contributed by atoms with Crippen LogP contribution in [0.15, 0.2) is 48.5 Å². The first kappa shape index (κ1) is 24.0. The van der Waals surface area contributed by atoms with Crippen LogP contribution < -0.4 is 14.8 Å². The molecule has 1 fully saturated rings. The van der Waals surface area contributed by atoms with Gasteiger partial charge in [-0.15, -0.1) is 0 Å². The van der Waals surface area contributed by atoms with Gasteiger partial charge < -0.3 is 40.0 Å². The second-order valence-electron chi connectivity index (χ2n) is 7.69. The van der Waals surface area contributed by atoms with Crippen molar-refractivity contribution in [1.29, 1.82) is 0 Å². The van der Waals surface area contributed by atoms with Crippen molar-refractivity contribution in [3.8, 4) is 11.5 Å². The lowest BCUT2D eigenvalue weighted by Gasteiger charge is -2.38. The van der Waals surface area contributed by atoms with Crippen molar-refractivity contribution in [2.45, 2.75) is 50.2 Å². The zero-order valence-corrected chi connectivity index (χ0v) is 17.9. The van der Waals surface area contributed by atoms with E-state index in [2.05, 4.69) is 5.32 Å². The molecule has 0 spiro atoms. The van der Waals surface area contributed by atoms with Gasteiger partial charge in [-0.3, -0.25) is 0 Å². The standard InChI is InChI=1S/C23H29NO8/c1-13-12-15(30-23-20(27)18(25)19(26)21(32-23)22(28)29)8-9-16(13)31-17(10-11-24-2)14-6-4-3-5-7-14/h3-9,12,17-21,23-27H,10-11H2,1-2H3,(H,28,29)/t17-,18?,19?,20?,21?,23?/m1/s1. The minimum atomic E-state index is -1.77. The second-order valence-corrected chi connectivity index (χ2v) is 7.69. The molecule has 0 amide bonds. The number of hydrogen-bond donors (Lipinski definition) is 5. The molecule has 174 valence electrons. The fourth-order valence-electron chi connectivity index (χ4n) is 3.50. The molecule has 9 nitrogen and oxygen atoms in total. The minimum Gasteiger partial charge on any atom is -0.485 e. The van der Waals surface area contributed by atoms with Crippen LogP contribution >= 0.6 is 0 Å². The number of aryl methyl sites for hydroxylation is 1. The molecule has 5 N–H and O–H groups in total. The maximum absolute atomic E-state index is 11.3. The van der Waals surface area contributed by atoms with Gasteiger partial charge in [-0.05, 0) is 49.8 Å². The highest BCUT2D eigenvalue weighted by atomic mass is 16.7. The predicted octanol–water partition coefficient (Wildman–Crippen LogP) is 0.996. The van der Waals surface area contributed by atoms with E-state index >= 15 is 0 Å². The Morgan fingerprint density at radius 3 is 2.44 bits per heavy atom. The maximum atomic E-state index is 11.3. The second kappa shape index (κ2) is 10.8. The van der Waals surface area contributed by atoms with Crippen LogP contribution in [0.1, 0.15) is 23.7 Å². The van der Waals surface area contributed by atoms with Crippen molar-refractivity contribution in [3.05, 3.63) is 59.7 Å². The van der Waals surface area contributed by atoms with E-state index in [1.165, 1.54) is 0 Å². The largest absolute Gasteiger partial charge is 0.485 e. The highest BCUT2D eigenvalue weighted by molar-refractivity contribution is 5.73. The molecule has 32 heavy (non-hydrogen) atoms. The summed E-state index contributed by atoms with van der Waals surface area (Å²) in [5.41, 5.74) is 1.81. The van der Waals surface area contributed by atoms with Gasteiger partial charge in [-0.2, -0.15) is 0 Å². The van der Waals surface area contributed by atoms with Crippen molar-refractivity contribution in [1.82, 2.24) is 5.32 Å². The highest BCUT2D eigenvalue weighted by Gasteiger charge is 2.48. The molecule has 0 bridgehead atoms. The van der Waals surface area contributed by atoms with Crippen molar-refractivity contribution < 1.29 is 39.4 Å². The summed E-state index contributed by atoms with van der Waals surface area (Å²) in [6, 6.07) is 14.9. The topological polar surface area (TPSA) is 138 Å². The molecule has 1 aliphatic heterocycles. The normalized spacial score (nSPS) is 26.3.